The fraction of sp³-hybridized carbons (Fsp3) is 0.250. The minimum atomic E-state index is -3.77. The van der Waals surface area contributed by atoms with Crippen LogP contribution < -0.4 is 9.04 Å². The van der Waals surface area contributed by atoms with Gasteiger partial charge in [0.15, 0.2) is 0 Å². The zero-order valence-corrected chi connectivity index (χ0v) is 17.7. The van der Waals surface area contributed by atoms with Crippen molar-refractivity contribution in [1.29, 1.82) is 0 Å². The lowest BCUT2D eigenvalue weighted by Crippen LogP contribution is -2.40. The Balaban J connectivity index is 1.96. The fourth-order valence-electron chi connectivity index (χ4n) is 4.07. The first kappa shape index (κ1) is 19.5. The van der Waals surface area contributed by atoms with Gasteiger partial charge >= 0.3 is 0 Å². The summed E-state index contributed by atoms with van der Waals surface area (Å²) >= 11 is 0. The lowest BCUT2D eigenvalue weighted by Gasteiger charge is -2.42. The molecule has 1 unspecified atom stereocenters. The van der Waals surface area contributed by atoms with Crippen LogP contribution in [0, 0.1) is 5.92 Å². The number of hydrogen-bond acceptors (Lipinski definition) is 3. The van der Waals surface area contributed by atoms with E-state index in [-0.39, 0.29) is 16.9 Å². The predicted molar refractivity (Wildman–Crippen MR) is 117 cm³/mol. The van der Waals surface area contributed by atoms with Gasteiger partial charge < -0.3 is 4.74 Å². The Hall–Kier alpha value is -2.79. The van der Waals surface area contributed by atoms with Crippen LogP contribution in [0.3, 0.4) is 0 Å². The lowest BCUT2D eigenvalue weighted by molar-refractivity contribution is 0.414. The summed E-state index contributed by atoms with van der Waals surface area (Å²) in [6.45, 7) is 4.22. The molecule has 0 bridgehead atoms. The highest BCUT2D eigenvalue weighted by molar-refractivity contribution is 7.92. The second kappa shape index (κ2) is 7.56. The summed E-state index contributed by atoms with van der Waals surface area (Å²) in [6, 6.07) is 22.2. The number of sulfonamides is 1. The first-order valence-electron chi connectivity index (χ1n) is 9.85. The van der Waals surface area contributed by atoms with Crippen molar-refractivity contribution in [2.75, 3.05) is 11.4 Å². The zero-order valence-electron chi connectivity index (χ0n) is 16.9. The molecule has 1 heterocycles. The molecule has 0 aromatic heterocycles. The molecule has 1 aliphatic heterocycles. The third kappa shape index (κ3) is 3.19. The summed E-state index contributed by atoms with van der Waals surface area (Å²) in [5.74, 6) is 0.782. The Kier molecular flexibility index (Phi) is 5.09. The Morgan fingerprint density at radius 1 is 0.931 bits per heavy atom. The van der Waals surface area contributed by atoms with Gasteiger partial charge in [-0.05, 0) is 47.4 Å². The van der Waals surface area contributed by atoms with Gasteiger partial charge in [0.1, 0.15) is 5.75 Å². The maximum absolute atomic E-state index is 13.9. The largest absolute Gasteiger partial charge is 0.497 e. The summed E-state index contributed by atoms with van der Waals surface area (Å²) in [5.41, 5.74) is 3.83. The Morgan fingerprint density at radius 2 is 1.55 bits per heavy atom. The van der Waals surface area contributed by atoms with Crippen molar-refractivity contribution in [2.45, 2.75) is 31.2 Å². The minimum absolute atomic E-state index is 0.150. The van der Waals surface area contributed by atoms with Gasteiger partial charge in [-0.2, -0.15) is 0 Å². The van der Waals surface area contributed by atoms with Crippen LogP contribution in [0.5, 0.6) is 5.75 Å². The van der Waals surface area contributed by atoms with Crippen molar-refractivity contribution in [3.05, 3.63) is 78.4 Å². The number of rotatable bonds is 5. The quantitative estimate of drug-likeness (QED) is 0.548. The van der Waals surface area contributed by atoms with Gasteiger partial charge in [-0.1, -0.05) is 62.7 Å². The Morgan fingerprint density at radius 3 is 2.21 bits per heavy atom. The van der Waals surface area contributed by atoms with E-state index in [1.807, 2.05) is 36.4 Å². The van der Waals surface area contributed by atoms with Gasteiger partial charge in [0.05, 0.1) is 23.7 Å². The summed E-state index contributed by atoms with van der Waals surface area (Å²) < 4.78 is 34.6. The zero-order chi connectivity index (χ0) is 20.6. The minimum Gasteiger partial charge on any atom is -0.497 e. The summed E-state index contributed by atoms with van der Waals surface area (Å²) in [4.78, 5) is 0.265. The molecule has 0 saturated heterocycles. The summed E-state index contributed by atoms with van der Waals surface area (Å²) in [7, 11) is -2.20. The van der Waals surface area contributed by atoms with Crippen molar-refractivity contribution in [1.82, 2.24) is 0 Å². The van der Waals surface area contributed by atoms with Gasteiger partial charge in [0.2, 0.25) is 0 Å². The lowest BCUT2D eigenvalue weighted by atomic mass is 9.83. The highest BCUT2D eigenvalue weighted by Crippen LogP contribution is 2.50. The molecule has 0 aliphatic carbocycles. The van der Waals surface area contributed by atoms with Crippen LogP contribution in [0.1, 0.15) is 31.9 Å². The van der Waals surface area contributed by atoms with E-state index in [9.17, 15) is 8.42 Å². The van der Waals surface area contributed by atoms with Crippen molar-refractivity contribution < 1.29 is 13.2 Å². The van der Waals surface area contributed by atoms with E-state index in [1.165, 1.54) is 0 Å². The third-order valence-corrected chi connectivity index (χ3v) is 7.57. The second-order valence-electron chi connectivity index (χ2n) is 7.41. The van der Waals surface area contributed by atoms with Crippen LogP contribution in [0.2, 0.25) is 0 Å². The van der Waals surface area contributed by atoms with E-state index in [4.69, 9.17) is 4.74 Å². The second-order valence-corrected chi connectivity index (χ2v) is 9.23. The summed E-state index contributed by atoms with van der Waals surface area (Å²) in [6.07, 6.45) is 0.871. The molecule has 0 radical (unpaired) electrons. The molecule has 5 heteroatoms. The predicted octanol–water partition coefficient (Wildman–Crippen LogP) is 5.66. The maximum atomic E-state index is 13.9. The molecule has 3 aromatic carbocycles. The molecule has 4 rings (SSSR count). The molecule has 1 aliphatic rings. The monoisotopic (exact) mass is 407 g/mol. The number of benzene rings is 3. The van der Waals surface area contributed by atoms with E-state index in [2.05, 4.69) is 26.0 Å². The number of para-hydroxylation sites is 1. The highest BCUT2D eigenvalue weighted by Gasteiger charge is 2.40. The number of hydrogen-bond donors (Lipinski definition) is 0. The SMILES string of the molecule is CC[C@@H](C)C1c2ccccc2-c2ccccc2N1S(=O)(=O)c1ccc(OC)cc1. The van der Waals surface area contributed by atoms with Gasteiger partial charge in [-0.25, -0.2) is 8.42 Å². The molecule has 3 aromatic rings. The molecule has 0 amide bonds. The average molecular weight is 408 g/mol. The normalized spacial score (nSPS) is 16.7. The fourth-order valence-corrected chi connectivity index (χ4v) is 5.82. The topological polar surface area (TPSA) is 46.6 Å². The third-order valence-electron chi connectivity index (χ3n) is 5.76. The molecule has 2 atom stereocenters. The maximum Gasteiger partial charge on any atom is 0.264 e. The molecule has 29 heavy (non-hydrogen) atoms. The van der Waals surface area contributed by atoms with Crippen LogP contribution >= 0.6 is 0 Å². The Bertz CT molecular complexity index is 1120. The van der Waals surface area contributed by atoms with E-state index in [1.54, 1.807) is 35.7 Å². The van der Waals surface area contributed by atoms with E-state index < -0.39 is 10.0 Å². The number of fused-ring (bicyclic) bond motifs is 3. The molecular weight excluding hydrogens is 382 g/mol. The van der Waals surface area contributed by atoms with Crippen LogP contribution in [0.4, 0.5) is 5.69 Å². The van der Waals surface area contributed by atoms with Crippen LogP contribution in [-0.2, 0) is 10.0 Å². The van der Waals surface area contributed by atoms with E-state index >= 15 is 0 Å². The molecule has 0 N–H and O–H groups in total. The van der Waals surface area contributed by atoms with Crippen molar-refractivity contribution in [3.63, 3.8) is 0 Å². The molecule has 0 saturated carbocycles. The molecule has 4 nitrogen and oxygen atoms in total. The highest BCUT2D eigenvalue weighted by atomic mass is 32.2. The number of nitrogens with zero attached hydrogens (tertiary/aromatic N) is 1. The Labute approximate surface area is 172 Å². The average Bonchev–Trinajstić information content (AvgIpc) is 2.77. The smallest absolute Gasteiger partial charge is 0.264 e. The summed E-state index contributed by atoms with van der Waals surface area (Å²) in [5, 5.41) is 0. The number of methoxy groups -OCH3 is 1. The standard InChI is InChI=1S/C24H25NO3S/c1-4-17(2)24-22-11-6-5-9-20(22)21-10-7-8-12-23(21)25(24)29(26,27)19-15-13-18(28-3)14-16-19/h5-17,24H,4H2,1-3H3/t17-,24?/m1/s1. The van der Waals surface area contributed by atoms with Gasteiger partial charge in [-0.3, -0.25) is 4.31 Å². The van der Waals surface area contributed by atoms with Crippen LogP contribution in [-0.4, -0.2) is 15.5 Å². The van der Waals surface area contributed by atoms with Gasteiger partial charge in [0, 0.05) is 5.56 Å². The first-order chi connectivity index (χ1) is 14.0. The molecular formula is C24H25NO3S. The van der Waals surface area contributed by atoms with E-state index in [0.717, 1.165) is 28.8 Å². The molecule has 150 valence electrons. The van der Waals surface area contributed by atoms with E-state index in [0.29, 0.717) is 5.75 Å². The molecule has 0 fully saturated rings. The van der Waals surface area contributed by atoms with Crippen LogP contribution in [0.15, 0.2) is 77.7 Å². The first-order valence-corrected chi connectivity index (χ1v) is 11.3. The number of ether oxygens (including phenoxy) is 1. The number of anilines is 1. The van der Waals surface area contributed by atoms with Crippen molar-refractivity contribution in [2.24, 2.45) is 5.92 Å². The van der Waals surface area contributed by atoms with Gasteiger partial charge in [-0.15, -0.1) is 0 Å². The molecule has 0 spiro atoms. The van der Waals surface area contributed by atoms with Crippen molar-refractivity contribution in [3.8, 4) is 16.9 Å². The van der Waals surface area contributed by atoms with Crippen LogP contribution in [0.25, 0.3) is 11.1 Å². The van der Waals surface area contributed by atoms with Crippen molar-refractivity contribution >= 4 is 15.7 Å². The van der Waals surface area contributed by atoms with Gasteiger partial charge in [0.25, 0.3) is 10.0 Å².